The molecule has 0 amide bonds. The highest BCUT2D eigenvalue weighted by molar-refractivity contribution is 9.10. The summed E-state index contributed by atoms with van der Waals surface area (Å²) in [5, 5.41) is 6.01. The van der Waals surface area contributed by atoms with Gasteiger partial charge in [-0.15, -0.1) is 0 Å². The highest BCUT2D eigenvalue weighted by atomic mass is 79.9. The third-order valence-electron chi connectivity index (χ3n) is 3.51. The molecule has 106 valence electrons. The van der Waals surface area contributed by atoms with Gasteiger partial charge >= 0.3 is 0 Å². The third kappa shape index (κ3) is 3.03. The van der Waals surface area contributed by atoms with Crippen LogP contribution >= 0.6 is 15.9 Å². The summed E-state index contributed by atoms with van der Waals surface area (Å²) < 4.78 is 6.28. The first-order valence-corrected chi connectivity index (χ1v) is 7.61. The zero-order chi connectivity index (χ0) is 14.7. The Labute approximate surface area is 132 Å². The van der Waals surface area contributed by atoms with Crippen molar-refractivity contribution in [1.82, 2.24) is 0 Å². The molecular formula is C18H16BrNO. The molecule has 0 fully saturated rings. The summed E-state index contributed by atoms with van der Waals surface area (Å²) in [6, 6.07) is 20.9. The molecule has 1 N–H and O–H groups in total. The summed E-state index contributed by atoms with van der Waals surface area (Å²) in [4.78, 5) is 0. The molecule has 0 aromatic heterocycles. The highest BCUT2D eigenvalue weighted by Crippen LogP contribution is 2.28. The predicted molar refractivity (Wildman–Crippen MR) is 92.0 cm³/mol. The number of rotatable bonds is 4. The molecule has 0 unspecified atom stereocenters. The molecule has 0 radical (unpaired) electrons. The van der Waals surface area contributed by atoms with Crippen LogP contribution in [0.4, 0.5) is 5.69 Å². The lowest BCUT2D eigenvalue weighted by Gasteiger charge is -2.11. The Kier molecular flexibility index (Phi) is 4.11. The number of halogens is 1. The van der Waals surface area contributed by atoms with E-state index >= 15 is 0 Å². The minimum absolute atomic E-state index is 0.784. The van der Waals surface area contributed by atoms with Crippen molar-refractivity contribution in [2.45, 2.75) is 6.54 Å². The summed E-state index contributed by atoms with van der Waals surface area (Å²) >= 11 is 3.47. The van der Waals surface area contributed by atoms with E-state index in [-0.39, 0.29) is 0 Å². The van der Waals surface area contributed by atoms with Crippen molar-refractivity contribution in [3.63, 3.8) is 0 Å². The molecule has 0 bridgehead atoms. The maximum atomic E-state index is 5.32. The fourth-order valence-electron chi connectivity index (χ4n) is 2.41. The predicted octanol–water partition coefficient (Wildman–Crippen LogP) is 5.22. The smallest absolute Gasteiger partial charge is 0.135 e. The van der Waals surface area contributed by atoms with Crippen LogP contribution in [0.3, 0.4) is 0 Å². The maximum Gasteiger partial charge on any atom is 0.135 e. The molecule has 0 saturated carbocycles. The average molecular weight is 342 g/mol. The third-order valence-corrected chi connectivity index (χ3v) is 4.17. The van der Waals surface area contributed by atoms with Crippen LogP contribution in [0, 0.1) is 0 Å². The molecule has 3 aromatic rings. The van der Waals surface area contributed by atoms with Gasteiger partial charge in [0, 0.05) is 18.3 Å². The van der Waals surface area contributed by atoms with E-state index in [0.717, 1.165) is 22.5 Å². The quantitative estimate of drug-likeness (QED) is 0.702. The van der Waals surface area contributed by atoms with Crippen LogP contribution < -0.4 is 10.1 Å². The first-order valence-electron chi connectivity index (χ1n) is 6.82. The SMILES string of the molecule is COc1cc(NCc2cccc3ccccc23)ccc1Br. The first kappa shape index (κ1) is 14.0. The van der Waals surface area contributed by atoms with Crippen molar-refractivity contribution < 1.29 is 4.74 Å². The van der Waals surface area contributed by atoms with Gasteiger partial charge in [-0.25, -0.2) is 0 Å². The fourth-order valence-corrected chi connectivity index (χ4v) is 2.82. The monoisotopic (exact) mass is 341 g/mol. The van der Waals surface area contributed by atoms with E-state index in [2.05, 4.69) is 63.7 Å². The van der Waals surface area contributed by atoms with Gasteiger partial charge in [0.1, 0.15) is 5.75 Å². The number of anilines is 1. The normalized spacial score (nSPS) is 10.6. The van der Waals surface area contributed by atoms with Crippen LogP contribution in [0.5, 0.6) is 5.75 Å². The second kappa shape index (κ2) is 6.19. The van der Waals surface area contributed by atoms with E-state index in [1.165, 1.54) is 16.3 Å². The van der Waals surface area contributed by atoms with E-state index in [4.69, 9.17) is 4.74 Å². The van der Waals surface area contributed by atoms with Crippen LogP contribution in [-0.4, -0.2) is 7.11 Å². The molecule has 21 heavy (non-hydrogen) atoms. The van der Waals surface area contributed by atoms with Gasteiger partial charge in [-0.3, -0.25) is 0 Å². The van der Waals surface area contributed by atoms with Gasteiger partial charge in [0.2, 0.25) is 0 Å². The van der Waals surface area contributed by atoms with E-state index in [1.807, 2.05) is 18.2 Å². The van der Waals surface area contributed by atoms with Crippen LogP contribution in [0.1, 0.15) is 5.56 Å². The number of hydrogen-bond acceptors (Lipinski definition) is 2. The Balaban J connectivity index is 1.83. The summed E-state index contributed by atoms with van der Waals surface area (Å²) in [6.45, 7) is 0.784. The molecule has 2 nitrogen and oxygen atoms in total. The first-order chi connectivity index (χ1) is 10.3. The van der Waals surface area contributed by atoms with Crippen LogP contribution in [-0.2, 0) is 6.54 Å². The van der Waals surface area contributed by atoms with E-state index in [1.54, 1.807) is 7.11 Å². The lowest BCUT2D eigenvalue weighted by atomic mass is 10.0. The molecule has 3 rings (SSSR count). The van der Waals surface area contributed by atoms with Crippen molar-refractivity contribution in [3.8, 4) is 5.75 Å². The van der Waals surface area contributed by atoms with E-state index in [0.29, 0.717) is 0 Å². The average Bonchev–Trinajstić information content (AvgIpc) is 2.54. The molecule has 0 saturated heterocycles. The van der Waals surface area contributed by atoms with Gasteiger partial charge in [-0.05, 0) is 44.4 Å². The van der Waals surface area contributed by atoms with Gasteiger partial charge in [0.25, 0.3) is 0 Å². The molecule has 0 aliphatic heterocycles. The molecular weight excluding hydrogens is 326 g/mol. The summed E-state index contributed by atoms with van der Waals surface area (Å²) in [6.07, 6.45) is 0. The Morgan fingerprint density at radius 2 is 1.81 bits per heavy atom. The Morgan fingerprint density at radius 1 is 1.00 bits per heavy atom. The highest BCUT2D eigenvalue weighted by Gasteiger charge is 2.03. The largest absolute Gasteiger partial charge is 0.495 e. The van der Waals surface area contributed by atoms with Crippen molar-refractivity contribution in [1.29, 1.82) is 0 Å². The number of nitrogens with one attached hydrogen (secondary N) is 1. The van der Waals surface area contributed by atoms with Crippen LogP contribution in [0.15, 0.2) is 65.1 Å². The maximum absolute atomic E-state index is 5.32. The molecule has 0 aliphatic carbocycles. The van der Waals surface area contributed by atoms with Crippen molar-refractivity contribution in [2.24, 2.45) is 0 Å². The van der Waals surface area contributed by atoms with Crippen LogP contribution in [0.2, 0.25) is 0 Å². The molecule has 0 aliphatic rings. The zero-order valence-electron chi connectivity index (χ0n) is 11.8. The van der Waals surface area contributed by atoms with Gasteiger partial charge in [0.05, 0.1) is 11.6 Å². The minimum atomic E-state index is 0.784. The molecule has 3 heteroatoms. The Hall–Kier alpha value is -2.00. The number of ether oxygens (including phenoxy) is 1. The number of fused-ring (bicyclic) bond motifs is 1. The zero-order valence-corrected chi connectivity index (χ0v) is 13.4. The van der Waals surface area contributed by atoms with Gasteiger partial charge in [0.15, 0.2) is 0 Å². The van der Waals surface area contributed by atoms with Gasteiger partial charge in [-0.1, -0.05) is 42.5 Å². The molecule has 0 heterocycles. The molecule has 0 spiro atoms. The molecule has 0 atom stereocenters. The number of methoxy groups -OCH3 is 1. The van der Waals surface area contributed by atoms with Gasteiger partial charge in [-0.2, -0.15) is 0 Å². The topological polar surface area (TPSA) is 21.3 Å². The van der Waals surface area contributed by atoms with Crippen molar-refractivity contribution >= 4 is 32.4 Å². The second-order valence-corrected chi connectivity index (χ2v) is 5.70. The molecule has 3 aromatic carbocycles. The fraction of sp³-hybridized carbons (Fsp3) is 0.111. The summed E-state index contributed by atoms with van der Waals surface area (Å²) in [5.74, 6) is 0.831. The van der Waals surface area contributed by atoms with E-state index < -0.39 is 0 Å². The summed E-state index contributed by atoms with van der Waals surface area (Å²) in [5.41, 5.74) is 2.33. The number of benzene rings is 3. The van der Waals surface area contributed by atoms with E-state index in [9.17, 15) is 0 Å². The lowest BCUT2D eigenvalue weighted by Crippen LogP contribution is -2.00. The van der Waals surface area contributed by atoms with Crippen molar-refractivity contribution in [3.05, 3.63) is 70.7 Å². The summed E-state index contributed by atoms with van der Waals surface area (Å²) in [7, 11) is 1.68. The minimum Gasteiger partial charge on any atom is -0.495 e. The second-order valence-electron chi connectivity index (χ2n) is 4.84. The standard InChI is InChI=1S/C18H16BrNO/c1-21-18-11-15(9-10-17(18)19)20-12-14-7-4-6-13-5-2-3-8-16(13)14/h2-11,20H,12H2,1H3. The Morgan fingerprint density at radius 3 is 2.67 bits per heavy atom. The van der Waals surface area contributed by atoms with Crippen LogP contribution in [0.25, 0.3) is 10.8 Å². The number of hydrogen-bond donors (Lipinski definition) is 1. The Bertz CT molecular complexity index is 765. The van der Waals surface area contributed by atoms with Gasteiger partial charge < -0.3 is 10.1 Å². The van der Waals surface area contributed by atoms with Crippen molar-refractivity contribution in [2.75, 3.05) is 12.4 Å². The lowest BCUT2D eigenvalue weighted by molar-refractivity contribution is 0.412.